The van der Waals surface area contributed by atoms with Crippen LogP contribution in [0.3, 0.4) is 0 Å². The van der Waals surface area contributed by atoms with Crippen molar-refractivity contribution in [3.8, 4) is 22.3 Å². The van der Waals surface area contributed by atoms with E-state index in [1.807, 2.05) is 0 Å². The lowest BCUT2D eigenvalue weighted by Gasteiger charge is -2.12. The minimum atomic E-state index is 0.945. The van der Waals surface area contributed by atoms with Crippen molar-refractivity contribution in [3.05, 3.63) is 119 Å². The molecule has 0 aliphatic rings. The fraction of sp³-hybridized carbons (Fsp3) is 0.111. The van der Waals surface area contributed by atoms with Crippen LogP contribution in [0.4, 0.5) is 0 Å². The molecule has 0 spiro atoms. The summed E-state index contributed by atoms with van der Waals surface area (Å²) in [6.45, 7) is 4.37. The summed E-state index contributed by atoms with van der Waals surface area (Å²) in [6, 6.07) is 35.0. The van der Waals surface area contributed by atoms with Gasteiger partial charge < -0.3 is 0 Å². The van der Waals surface area contributed by atoms with Crippen molar-refractivity contribution < 1.29 is 0 Å². The van der Waals surface area contributed by atoms with Crippen molar-refractivity contribution in [3.63, 3.8) is 0 Å². The summed E-state index contributed by atoms with van der Waals surface area (Å²) in [6.07, 6.45) is 0.945. The highest BCUT2D eigenvalue weighted by Crippen LogP contribution is 2.28. The SMILES string of the molecule is Cc1ccc(Cc2ccc(C)c(-c3ccccc3)c2)cc1-c1ccccc1. The van der Waals surface area contributed by atoms with Crippen LogP contribution in [0.1, 0.15) is 22.3 Å². The molecule has 0 saturated carbocycles. The lowest BCUT2D eigenvalue weighted by Crippen LogP contribution is -1.93. The van der Waals surface area contributed by atoms with E-state index in [0.29, 0.717) is 0 Å². The Kier molecular flexibility index (Phi) is 4.89. The molecule has 4 aromatic rings. The molecule has 0 bridgehead atoms. The molecule has 0 heteroatoms. The molecule has 0 radical (unpaired) electrons. The smallest absolute Gasteiger partial charge is 0.00253 e. The summed E-state index contributed by atoms with van der Waals surface area (Å²) in [5.74, 6) is 0. The normalized spacial score (nSPS) is 10.7. The maximum Gasteiger partial charge on any atom is -0.00253 e. The topological polar surface area (TPSA) is 0 Å². The minimum Gasteiger partial charge on any atom is -0.0622 e. The van der Waals surface area contributed by atoms with Crippen molar-refractivity contribution in [2.75, 3.05) is 0 Å². The molecule has 132 valence electrons. The Bertz CT molecular complexity index is 957. The van der Waals surface area contributed by atoms with Crippen LogP contribution < -0.4 is 0 Å². The third kappa shape index (κ3) is 3.85. The zero-order valence-electron chi connectivity index (χ0n) is 15.9. The number of rotatable bonds is 4. The number of aryl methyl sites for hydroxylation is 2. The highest BCUT2D eigenvalue weighted by molar-refractivity contribution is 5.69. The van der Waals surface area contributed by atoms with Gasteiger partial charge in [0, 0.05) is 0 Å². The first-order chi connectivity index (χ1) is 13.2. The average Bonchev–Trinajstić information content (AvgIpc) is 2.72. The number of hydrogen-bond acceptors (Lipinski definition) is 0. The molecule has 4 aromatic carbocycles. The quantitative estimate of drug-likeness (QED) is 0.365. The van der Waals surface area contributed by atoms with Gasteiger partial charge in [-0.2, -0.15) is 0 Å². The van der Waals surface area contributed by atoms with Crippen LogP contribution >= 0.6 is 0 Å². The van der Waals surface area contributed by atoms with E-state index in [4.69, 9.17) is 0 Å². The zero-order chi connectivity index (χ0) is 18.6. The van der Waals surface area contributed by atoms with Crippen molar-refractivity contribution in [1.29, 1.82) is 0 Å². The van der Waals surface area contributed by atoms with Crippen LogP contribution in [-0.2, 0) is 6.42 Å². The number of hydrogen-bond donors (Lipinski definition) is 0. The lowest BCUT2D eigenvalue weighted by atomic mass is 9.93. The van der Waals surface area contributed by atoms with E-state index >= 15 is 0 Å². The van der Waals surface area contributed by atoms with Crippen LogP contribution in [0.25, 0.3) is 22.3 Å². The summed E-state index contributed by atoms with van der Waals surface area (Å²) >= 11 is 0. The Labute approximate surface area is 162 Å². The summed E-state index contributed by atoms with van der Waals surface area (Å²) < 4.78 is 0. The van der Waals surface area contributed by atoms with Crippen molar-refractivity contribution >= 4 is 0 Å². The van der Waals surface area contributed by atoms with Crippen LogP contribution in [0.5, 0.6) is 0 Å². The van der Waals surface area contributed by atoms with E-state index in [0.717, 1.165) is 6.42 Å². The van der Waals surface area contributed by atoms with Crippen LogP contribution in [0.2, 0.25) is 0 Å². The van der Waals surface area contributed by atoms with E-state index in [-0.39, 0.29) is 0 Å². The Balaban J connectivity index is 1.67. The monoisotopic (exact) mass is 348 g/mol. The first-order valence-electron chi connectivity index (χ1n) is 9.50. The largest absolute Gasteiger partial charge is 0.0622 e. The fourth-order valence-corrected chi connectivity index (χ4v) is 3.65. The summed E-state index contributed by atoms with van der Waals surface area (Å²) in [7, 11) is 0. The zero-order valence-corrected chi connectivity index (χ0v) is 15.9. The molecule has 0 aliphatic carbocycles. The van der Waals surface area contributed by atoms with Gasteiger partial charge in [-0.3, -0.25) is 0 Å². The van der Waals surface area contributed by atoms with E-state index in [1.165, 1.54) is 44.5 Å². The molecule has 0 unspecified atom stereocenters. The first kappa shape index (κ1) is 17.3. The van der Waals surface area contributed by atoms with E-state index in [9.17, 15) is 0 Å². The van der Waals surface area contributed by atoms with Gasteiger partial charge in [-0.15, -0.1) is 0 Å². The second kappa shape index (κ2) is 7.63. The van der Waals surface area contributed by atoms with Gasteiger partial charge in [0.15, 0.2) is 0 Å². The first-order valence-corrected chi connectivity index (χ1v) is 9.50. The van der Waals surface area contributed by atoms with Crippen molar-refractivity contribution in [2.24, 2.45) is 0 Å². The highest BCUT2D eigenvalue weighted by atomic mass is 14.1. The van der Waals surface area contributed by atoms with Gasteiger partial charge >= 0.3 is 0 Å². The van der Waals surface area contributed by atoms with Crippen molar-refractivity contribution in [1.82, 2.24) is 0 Å². The molecule has 0 aliphatic heterocycles. The third-order valence-electron chi connectivity index (χ3n) is 5.18. The minimum absolute atomic E-state index is 0.945. The summed E-state index contributed by atoms with van der Waals surface area (Å²) in [4.78, 5) is 0. The molecule has 0 nitrogen and oxygen atoms in total. The van der Waals surface area contributed by atoms with Gasteiger partial charge in [0.1, 0.15) is 0 Å². The Morgan fingerprint density at radius 1 is 0.481 bits per heavy atom. The molecule has 0 N–H and O–H groups in total. The van der Waals surface area contributed by atoms with Gasteiger partial charge in [0.2, 0.25) is 0 Å². The molecule has 0 heterocycles. The van der Waals surface area contributed by atoms with Crippen LogP contribution in [0, 0.1) is 13.8 Å². The third-order valence-corrected chi connectivity index (χ3v) is 5.18. The molecular weight excluding hydrogens is 324 g/mol. The predicted octanol–water partition coefficient (Wildman–Crippen LogP) is 7.23. The molecule has 0 fully saturated rings. The lowest BCUT2D eigenvalue weighted by molar-refractivity contribution is 1.18. The second-order valence-electron chi connectivity index (χ2n) is 7.21. The Hall–Kier alpha value is -3.12. The standard InChI is InChI=1S/C27H24/c1-20-13-15-22(18-26(20)24-9-5-3-6-10-24)17-23-16-14-21(2)27(19-23)25-11-7-4-8-12-25/h3-16,18-19H,17H2,1-2H3. The van der Waals surface area contributed by atoms with Crippen molar-refractivity contribution in [2.45, 2.75) is 20.3 Å². The fourth-order valence-electron chi connectivity index (χ4n) is 3.65. The molecule has 4 rings (SSSR count). The van der Waals surface area contributed by atoms with Crippen LogP contribution in [0.15, 0.2) is 97.1 Å². The van der Waals surface area contributed by atoms with Gasteiger partial charge in [0.25, 0.3) is 0 Å². The second-order valence-corrected chi connectivity index (χ2v) is 7.21. The molecule has 0 amide bonds. The van der Waals surface area contributed by atoms with E-state index < -0.39 is 0 Å². The molecule has 0 aromatic heterocycles. The molecular formula is C27H24. The molecule has 0 saturated heterocycles. The van der Waals surface area contributed by atoms with Gasteiger partial charge in [-0.05, 0) is 64.8 Å². The van der Waals surface area contributed by atoms with Crippen LogP contribution in [-0.4, -0.2) is 0 Å². The molecule has 27 heavy (non-hydrogen) atoms. The predicted molar refractivity (Wildman–Crippen MR) is 116 cm³/mol. The van der Waals surface area contributed by atoms with Gasteiger partial charge in [0.05, 0.1) is 0 Å². The summed E-state index contributed by atoms with van der Waals surface area (Å²) in [5, 5.41) is 0. The average molecular weight is 348 g/mol. The highest BCUT2D eigenvalue weighted by Gasteiger charge is 2.07. The van der Waals surface area contributed by atoms with E-state index in [1.54, 1.807) is 0 Å². The van der Waals surface area contributed by atoms with E-state index in [2.05, 4.69) is 111 Å². The molecule has 0 atom stereocenters. The van der Waals surface area contributed by atoms with Gasteiger partial charge in [-0.25, -0.2) is 0 Å². The van der Waals surface area contributed by atoms with Gasteiger partial charge in [-0.1, -0.05) is 97.1 Å². The Morgan fingerprint density at radius 2 is 0.889 bits per heavy atom. The Morgan fingerprint density at radius 3 is 1.30 bits per heavy atom. The summed E-state index contributed by atoms with van der Waals surface area (Å²) in [5.41, 5.74) is 10.5. The maximum absolute atomic E-state index is 2.34. The maximum atomic E-state index is 2.34. The number of benzene rings is 4.